The van der Waals surface area contributed by atoms with Crippen molar-refractivity contribution in [2.45, 2.75) is 66.2 Å². The SMILES string of the molecule is Cc1cc(-c2noc(-c3nn(C)c4c3CCC(C)(C)C4)n2)cc(C)c1CCN1CCC(C(=O)O)CC1. The van der Waals surface area contributed by atoms with Gasteiger partial charge < -0.3 is 14.5 Å². The molecule has 0 atom stereocenters. The third-order valence-electron chi connectivity index (χ3n) is 8.17. The van der Waals surface area contributed by atoms with Gasteiger partial charge in [0.05, 0.1) is 5.92 Å². The Bertz CT molecular complexity index is 1260. The van der Waals surface area contributed by atoms with Crippen LogP contribution in [-0.2, 0) is 31.1 Å². The van der Waals surface area contributed by atoms with Crippen LogP contribution in [-0.4, -0.2) is 55.5 Å². The minimum Gasteiger partial charge on any atom is -0.481 e. The topological polar surface area (TPSA) is 97.3 Å². The molecule has 8 heteroatoms. The van der Waals surface area contributed by atoms with Crippen LogP contribution in [0.4, 0.5) is 0 Å². The Balaban J connectivity index is 1.31. The van der Waals surface area contributed by atoms with Crippen LogP contribution < -0.4 is 0 Å². The van der Waals surface area contributed by atoms with Crippen molar-refractivity contribution in [3.63, 3.8) is 0 Å². The first-order valence-electron chi connectivity index (χ1n) is 13.1. The van der Waals surface area contributed by atoms with Gasteiger partial charge in [0.1, 0.15) is 0 Å². The third-order valence-corrected chi connectivity index (χ3v) is 8.17. The van der Waals surface area contributed by atoms with E-state index in [1.807, 2.05) is 11.7 Å². The van der Waals surface area contributed by atoms with Crippen molar-refractivity contribution in [1.29, 1.82) is 0 Å². The first-order valence-corrected chi connectivity index (χ1v) is 13.1. The number of aryl methyl sites for hydroxylation is 3. The van der Waals surface area contributed by atoms with Gasteiger partial charge in [0.2, 0.25) is 5.82 Å². The number of aliphatic carboxylic acids is 1. The van der Waals surface area contributed by atoms with Crippen molar-refractivity contribution < 1.29 is 14.4 Å². The lowest BCUT2D eigenvalue weighted by Crippen LogP contribution is -2.37. The number of fused-ring (bicyclic) bond motifs is 1. The summed E-state index contributed by atoms with van der Waals surface area (Å²) in [5.41, 5.74) is 8.33. The number of carboxylic acid groups (broad SMARTS) is 1. The van der Waals surface area contributed by atoms with E-state index in [0.29, 0.717) is 11.7 Å². The van der Waals surface area contributed by atoms with E-state index in [0.717, 1.165) is 69.4 Å². The fraction of sp³-hybridized carbons (Fsp3) is 0.571. The number of carboxylic acids is 1. The average molecular weight is 492 g/mol. The molecule has 0 amide bonds. The van der Waals surface area contributed by atoms with Crippen LogP contribution in [0.3, 0.4) is 0 Å². The van der Waals surface area contributed by atoms with Crippen LogP contribution in [0.1, 0.15) is 61.1 Å². The Hall–Kier alpha value is -3.00. The van der Waals surface area contributed by atoms with Crippen molar-refractivity contribution in [1.82, 2.24) is 24.8 Å². The molecule has 1 saturated heterocycles. The average Bonchev–Trinajstić information content (AvgIpc) is 3.43. The Morgan fingerprint density at radius 1 is 1.19 bits per heavy atom. The molecule has 5 rings (SSSR count). The molecule has 2 aliphatic rings. The molecule has 1 aliphatic carbocycles. The van der Waals surface area contributed by atoms with E-state index in [-0.39, 0.29) is 11.3 Å². The number of carbonyl (C=O) groups is 1. The van der Waals surface area contributed by atoms with Gasteiger partial charge in [-0.1, -0.05) is 19.0 Å². The summed E-state index contributed by atoms with van der Waals surface area (Å²) < 4.78 is 7.69. The van der Waals surface area contributed by atoms with Gasteiger partial charge in [-0.2, -0.15) is 10.1 Å². The second-order valence-corrected chi connectivity index (χ2v) is 11.5. The van der Waals surface area contributed by atoms with E-state index in [2.05, 4.69) is 49.9 Å². The van der Waals surface area contributed by atoms with E-state index < -0.39 is 5.97 Å². The number of piperidine rings is 1. The van der Waals surface area contributed by atoms with E-state index in [4.69, 9.17) is 14.6 Å². The van der Waals surface area contributed by atoms with Crippen LogP contribution in [0.5, 0.6) is 0 Å². The van der Waals surface area contributed by atoms with Gasteiger partial charge in [-0.3, -0.25) is 9.48 Å². The molecule has 0 unspecified atom stereocenters. The molecule has 1 aromatic carbocycles. The Morgan fingerprint density at radius 2 is 1.89 bits per heavy atom. The predicted octanol–water partition coefficient (Wildman–Crippen LogP) is 4.61. The first kappa shape index (κ1) is 24.7. The highest BCUT2D eigenvalue weighted by Crippen LogP contribution is 2.38. The Labute approximate surface area is 212 Å². The summed E-state index contributed by atoms with van der Waals surface area (Å²) in [6.45, 7) is 11.6. The highest BCUT2D eigenvalue weighted by atomic mass is 16.5. The van der Waals surface area contributed by atoms with Gasteiger partial charge >= 0.3 is 5.97 Å². The molecule has 8 nitrogen and oxygen atoms in total. The molecule has 0 radical (unpaired) electrons. The summed E-state index contributed by atoms with van der Waals surface area (Å²) >= 11 is 0. The Morgan fingerprint density at radius 3 is 2.56 bits per heavy atom. The van der Waals surface area contributed by atoms with E-state index in [1.165, 1.54) is 27.9 Å². The highest BCUT2D eigenvalue weighted by Gasteiger charge is 2.32. The molecule has 1 N–H and O–H groups in total. The van der Waals surface area contributed by atoms with Crippen LogP contribution in [0.2, 0.25) is 0 Å². The molecule has 192 valence electrons. The molecular formula is C28H37N5O3. The first-order chi connectivity index (χ1) is 17.1. The maximum atomic E-state index is 11.2. The number of hydrogen-bond acceptors (Lipinski definition) is 6. The van der Waals surface area contributed by atoms with Crippen LogP contribution >= 0.6 is 0 Å². The van der Waals surface area contributed by atoms with Crippen molar-refractivity contribution >= 4 is 5.97 Å². The highest BCUT2D eigenvalue weighted by molar-refractivity contribution is 5.70. The summed E-state index contributed by atoms with van der Waals surface area (Å²) in [6.07, 6.45) is 5.53. The lowest BCUT2D eigenvalue weighted by Gasteiger charge is -2.30. The number of benzene rings is 1. The largest absolute Gasteiger partial charge is 0.481 e. The fourth-order valence-corrected chi connectivity index (χ4v) is 5.89. The van der Waals surface area contributed by atoms with Gasteiger partial charge in [0.15, 0.2) is 5.69 Å². The fourth-order valence-electron chi connectivity index (χ4n) is 5.89. The Kier molecular flexibility index (Phi) is 6.49. The smallest absolute Gasteiger partial charge is 0.306 e. The standard InChI is InChI=1S/C28H37N5O3/c1-17-14-20(15-18(2)21(17)9-13-33-11-7-19(8-12-33)27(34)35)25-29-26(36-31-25)24-22-6-10-28(3,4)16-23(22)32(5)30-24/h14-15,19H,6-13,16H2,1-5H3,(H,34,35). The van der Waals surface area contributed by atoms with Crippen molar-refractivity contribution in [3.8, 4) is 23.0 Å². The number of hydrogen-bond donors (Lipinski definition) is 1. The molecular weight excluding hydrogens is 454 g/mol. The lowest BCUT2D eigenvalue weighted by molar-refractivity contribution is -0.143. The predicted molar refractivity (Wildman–Crippen MR) is 138 cm³/mol. The van der Waals surface area contributed by atoms with E-state index >= 15 is 0 Å². The summed E-state index contributed by atoms with van der Waals surface area (Å²) in [7, 11) is 2.00. The molecule has 1 aliphatic heterocycles. The quantitative estimate of drug-likeness (QED) is 0.538. The second-order valence-electron chi connectivity index (χ2n) is 11.5. The van der Waals surface area contributed by atoms with Gasteiger partial charge in [-0.25, -0.2) is 0 Å². The van der Waals surface area contributed by atoms with Gasteiger partial charge in [0, 0.05) is 30.4 Å². The monoisotopic (exact) mass is 491 g/mol. The van der Waals surface area contributed by atoms with Crippen molar-refractivity contribution in [2.75, 3.05) is 19.6 Å². The molecule has 3 heterocycles. The molecule has 3 aromatic rings. The van der Waals surface area contributed by atoms with Gasteiger partial charge in [0.25, 0.3) is 5.89 Å². The molecule has 0 saturated carbocycles. The van der Waals surface area contributed by atoms with Crippen LogP contribution in [0.25, 0.3) is 23.0 Å². The molecule has 0 bridgehead atoms. The summed E-state index contributed by atoms with van der Waals surface area (Å²) in [6, 6.07) is 4.29. The van der Waals surface area contributed by atoms with Crippen molar-refractivity contribution in [2.24, 2.45) is 18.4 Å². The maximum Gasteiger partial charge on any atom is 0.306 e. The zero-order chi connectivity index (χ0) is 25.6. The lowest BCUT2D eigenvalue weighted by atomic mass is 9.76. The number of aromatic nitrogens is 4. The number of nitrogens with zero attached hydrogens (tertiary/aromatic N) is 5. The van der Waals surface area contributed by atoms with Crippen LogP contribution in [0, 0.1) is 25.2 Å². The molecule has 36 heavy (non-hydrogen) atoms. The molecule has 0 spiro atoms. The summed E-state index contributed by atoms with van der Waals surface area (Å²) in [5, 5.41) is 18.3. The zero-order valence-electron chi connectivity index (χ0n) is 22.1. The van der Waals surface area contributed by atoms with Crippen LogP contribution in [0.15, 0.2) is 16.7 Å². The summed E-state index contributed by atoms with van der Waals surface area (Å²) in [5.74, 6) is 0.237. The zero-order valence-corrected chi connectivity index (χ0v) is 22.1. The van der Waals surface area contributed by atoms with Crippen molar-refractivity contribution in [3.05, 3.63) is 40.1 Å². The minimum absolute atomic E-state index is 0.188. The minimum atomic E-state index is -0.659. The van der Waals surface area contributed by atoms with Gasteiger partial charge in [-0.15, -0.1) is 0 Å². The van der Waals surface area contributed by atoms with E-state index in [9.17, 15) is 9.90 Å². The normalized spacial score (nSPS) is 18.4. The molecule has 2 aromatic heterocycles. The molecule has 1 fully saturated rings. The van der Waals surface area contributed by atoms with Gasteiger partial charge in [-0.05, 0) is 99.7 Å². The summed E-state index contributed by atoms with van der Waals surface area (Å²) in [4.78, 5) is 18.3. The van der Waals surface area contributed by atoms with E-state index in [1.54, 1.807) is 0 Å². The third kappa shape index (κ3) is 4.83. The maximum absolute atomic E-state index is 11.2. The number of rotatable bonds is 6. The second kappa shape index (κ2) is 9.47. The number of likely N-dealkylation sites (tertiary alicyclic amines) is 1.